The van der Waals surface area contributed by atoms with Crippen LogP contribution in [-0.2, 0) is 5.41 Å². The molecule has 4 heteroatoms. The van der Waals surface area contributed by atoms with Crippen LogP contribution in [0.15, 0.2) is 217 Å². The molecule has 3 aliphatic rings. The summed E-state index contributed by atoms with van der Waals surface area (Å²) in [5.74, 6) is 2.06. The number of fused-ring (bicyclic) bond motifs is 14. The predicted octanol–water partition coefficient (Wildman–Crippen LogP) is 15.3. The molecule has 0 amide bonds. The van der Waals surface area contributed by atoms with Gasteiger partial charge in [-0.2, -0.15) is 0 Å². The molecule has 1 unspecified atom stereocenters. The van der Waals surface area contributed by atoms with Gasteiger partial charge in [0, 0.05) is 33.4 Å². The summed E-state index contributed by atoms with van der Waals surface area (Å²) in [4.78, 5) is 15.2. The Labute approximate surface area is 382 Å². The van der Waals surface area contributed by atoms with Crippen LogP contribution in [0.2, 0.25) is 0 Å². The summed E-state index contributed by atoms with van der Waals surface area (Å²) in [6.45, 7) is 0. The molecule has 0 bridgehead atoms. The van der Waals surface area contributed by atoms with Gasteiger partial charge in [0.25, 0.3) is 0 Å². The van der Waals surface area contributed by atoms with Crippen LogP contribution in [0.5, 0.6) is 0 Å². The molecule has 1 spiro atoms. The standard InChI is InChI=1S/C62H39N3O/c1-3-16-38(17-4-1)59-63-60(39-18-5-2-6-19-39)65-61(64-59)49-26-15-31-56-58(49)50-37-41(33-35-55(50)66-56)40-32-34-43-42(36-40)20-13-24-44(43)47-25-14-30-54-57(47)48-23-9-12-29-53(48)62(54)51-27-10-7-21-45(51)46-22-8-11-28-52(46)62/h1-23,25-37,44H,24H2. The summed E-state index contributed by atoms with van der Waals surface area (Å²) >= 11 is 0. The fourth-order valence-electron chi connectivity index (χ4n) is 11.6. The third kappa shape index (κ3) is 5.30. The highest BCUT2D eigenvalue weighted by Crippen LogP contribution is 2.64. The smallest absolute Gasteiger partial charge is 0.164 e. The van der Waals surface area contributed by atoms with Crippen LogP contribution in [0.4, 0.5) is 0 Å². The minimum atomic E-state index is -0.361. The van der Waals surface area contributed by atoms with Crippen molar-refractivity contribution >= 4 is 28.0 Å². The van der Waals surface area contributed by atoms with Crippen molar-refractivity contribution in [3.8, 4) is 67.5 Å². The Kier molecular flexibility index (Phi) is 7.99. The Morgan fingerprint density at radius 3 is 1.68 bits per heavy atom. The summed E-state index contributed by atoms with van der Waals surface area (Å²) < 4.78 is 6.54. The monoisotopic (exact) mass is 841 g/mol. The van der Waals surface area contributed by atoms with Gasteiger partial charge in [-0.05, 0) is 103 Å². The molecule has 2 aromatic heterocycles. The minimum Gasteiger partial charge on any atom is -0.456 e. The highest BCUT2D eigenvalue weighted by molar-refractivity contribution is 6.13. The van der Waals surface area contributed by atoms with Crippen LogP contribution in [0.1, 0.15) is 51.3 Å². The van der Waals surface area contributed by atoms with E-state index < -0.39 is 0 Å². The van der Waals surface area contributed by atoms with Crippen LogP contribution in [0.3, 0.4) is 0 Å². The van der Waals surface area contributed by atoms with Gasteiger partial charge >= 0.3 is 0 Å². The second-order valence-electron chi connectivity index (χ2n) is 17.7. The van der Waals surface area contributed by atoms with Crippen molar-refractivity contribution in [2.45, 2.75) is 17.8 Å². The normalized spacial score (nSPS) is 14.8. The summed E-state index contributed by atoms with van der Waals surface area (Å²) in [6, 6.07) is 74.3. The maximum Gasteiger partial charge on any atom is 0.164 e. The first-order valence-corrected chi connectivity index (χ1v) is 22.8. The third-order valence-corrected chi connectivity index (χ3v) is 14.3. The topological polar surface area (TPSA) is 51.8 Å². The number of furan rings is 1. The van der Waals surface area contributed by atoms with Gasteiger partial charge in [-0.15, -0.1) is 0 Å². The van der Waals surface area contributed by atoms with Crippen molar-refractivity contribution < 1.29 is 4.42 Å². The lowest BCUT2D eigenvalue weighted by Gasteiger charge is -2.31. The summed E-state index contributed by atoms with van der Waals surface area (Å²) in [5, 5.41) is 2.01. The molecule has 11 aromatic rings. The van der Waals surface area contributed by atoms with E-state index in [1.807, 2.05) is 72.8 Å². The lowest BCUT2D eigenvalue weighted by atomic mass is 9.70. The van der Waals surface area contributed by atoms with Crippen molar-refractivity contribution in [3.05, 3.63) is 251 Å². The first-order valence-electron chi connectivity index (χ1n) is 22.8. The molecule has 9 aromatic carbocycles. The van der Waals surface area contributed by atoms with Gasteiger partial charge in [0.15, 0.2) is 17.5 Å². The highest BCUT2D eigenvalue weighted by atomic mass is 16.3. The Morgan fingerprint density at radius 1 is 0.409 bits per heavy atom. The molecule has 1 atom stereocenters. The first kappa shape index (κ1) is 37.0. The molecule has 66 heavy (non-hydrogen) atoms. The Morgan fingerprint density at radius 2 is 0.970 bits per heavy atom. The number of allylic oxidation sites excluding steroid dienone is 1. The second-order valence-corrected chi connectivity index (χ2v) is 17.7. The molecule has 2 heterocycles. The van der Waals surface area contributed by atoms with Gasteiger partial charge in [0.1, 0.15) is 11.2 Å². The highest BCUT2D eigenvalue weighted by Gasteiger charge is 2.52. The van der Waals surface area contributed by atoms with Gasteiger partial charge in [-0.1, -0.05) is 194 Å². The minimum absolute atomic E-state index is 0.203. The van der Waals surface area contributed by atoms with Crippen molar-refractivity contribution in [2.75, 3.05) is 0 Å². The summed E-state index contributed by atoms with van der Waals surface area (Å²) in [5.41, 5.74) is 21.2. The maximum atomic E-state index is 6.54. The molecule has 0 radical (unpaired) electrons. The molecule has 308 valence electrons. The molecule has 0 N–H and O–H groups in total. The van der Waals surface area contributed by atoms with E-state index in [0.29, 0.717) is 17.5 Å². The average molecular weight is 842 g/mol. The Balaban J connectivity index is 0.885. The average Bonchev–Trinajstić information content (AvgIpc) is 4.03. The van der Waals surface area contributed by atoms with E-state index in [4.69, 9.17) is 19.4 Å². The van der Waals surface area contributed by atoms with E-state index in [9.17, 15) is 0 Å². The SMILES string of the molecule is C1=Cc2cc(-c3ccc4oc5cccc(-c6nc(-c7ccccc7)nc(-c7ccccc7)n6)c5c4c3)ccc2C(c2cccc3c2-c2ccccc2C32c3ccccc3-c3ccccc32)C1. The van der Waals surface area contributed by atoms with Crippen LogP contribution < -0.4 is 0 Å². The summed E-state index contributed by atoms with van der Waals surface area (Å²) in [7, 11) is 0. The van der Waals surface area contributed by atoms with Gasteiger partial charge in [-0.3, -0.25) is 0 Å². The molecule has 0 fully saturated rings. The van der Waals surface area contributed by atoms with E-state index in [0.717, 1.165) is 56.2 Å². The molecular weight excluding hydrogens is 803 g/mol. The number of aromatic nitrogens is 3. The molecular formula is C62H39N3O. The predicted molar refractivity (Wildman–Crippen MR) is 267 cm³/mol. The molecule has 0 saturated heterocycles. The Bertz CT molecular complexity index is 3710. The molecule has 0 saturated carbocycles. The maximum absolute atomic E-state index is 6.54. The van der Waals surface area contributed by atoms with Gasteiger partial charge in [0.2, 0.25) is 0 Å². The molecule has 3 aliphatic carbocycles. The summed E-state index contributed by atoms with van der Waals surface area (Å²) in [6.07, 6.45) is 5.63. The van der Waals surface area contributed by atoms with Gasteiger partial charge < -0.3 is 4.42 Å². The van der Waals surface area contributed by atoms with E-state index in [2.05, 4.69) is 146 Å². The number of hydrogen-bond donors (Lipinski definition) is 0. The fourth-order valence-corrected chi connectivity index (χ4v) is 11.6. The lowest BCUT2D eigenvalue weighted by molar-refractivity contribution is 0.669. The number of rotatable bonds is 5. The first-order chi connectivity index (χ1) is 32.7. The third-order valence-electron chi connectivity index (χ3n) is 14.3. The second kappa shape index (κ2) is 14.3. The van der Waals surface area contributed by atoms with Crippen molar-refractivity contribution in [1.82, 2.24) is 15.0 Å². The zero-order valence-corrected chi connectivity index (χ0v) is 35.8. The molecule has 0 aliphatic heterocycles. The molecule has 14 rings (SSSR count). The largest absolute Gasteiger partial charge is 0.456 e. The zero-order chi connectivity index (χ0) is 43.3. The van der Waals surface area contributed by atoms with Gasteiger partial charge in [-0.25, -0.2) is 15.0 Å². The molecule has 4 nitrogen and oxygen atoms in total. The van der Waals surface area contributed by atoms with Crippen LogP contribution in [-0.4, -0.2) is 15.0 Å². The lowest BCUT2D eigenvalue weighted by Crippen LogP contribution is -2.25. The van der Waals surface area contributed by atoms with E-state index in [-0.39, 0.29) is 11.3 Å². The van der Waals surface area contributed by atoms with Crippen LogP contribution in [0.25, 0.3) is 95.6 Å². The number of benzene rings is 9. The zero-order valence-electron chi connectivity index (χ0n) is 35.8. The van der Waals surface area contributed by atoms with Crippen molar-refractivity contribution in [3.63, 3.8) is 0 Å². The number of nitrogens with zero attached hydrogens (tertiary/aromatic N) is 3. The van der Waals surface area contributed by atoms with Crippen LogP contribution in [0, 0.1) is 0 Å². The van der Waals surface area contributed by atoms with E-state index >= 15 is 0 Å². The van der Waals surface area contributed by atoms with Crippen molar-refractivity contribution in [1.29, 1.82) is 0 Å². The fraction of sp³-hybridized carbons (Fsp3) is 0.0484. The van der Waals surface area contributed by atoms with Gasteiger partial charge in [0.05, 0.1) is 5.41 Å². The Hall–Kier alpha value is -8.47. The van der Waals surface area contributed by atoms with E-state index in [1.165, 1.54) is 61.2 Å². The van der Waals surface area contributed by atoms with Crippen LogP contribution >= 0.6 is 0 Å². The quantitative estimate of drug-likeness (QED) is 0.173. The van der Waals surface area contributed by atoms with E-state index in [1.54, 1.807) is 0 Å². The van der Waals surface area contributed by atoms with Crippen molar-refractivity contribution in [2.24, 2.45) is 0 Å². The number of hydrogen-bond acceptors (Lipinski definition) is 4.